The Morgan fingerprint density at radius 2 is 2.00 bits per heavy atom. The van der Waals surface area contributed by atoms with Gasteiger partial charge in [0.15, 0.2) is 0 Å². The van der Waals surface area contributed by atoms with Gasteiger partial charge in [-0.2, -0.15) is 0 Å². The van der Waals surface area contributed by atoms with Crippen molar-refractivity contribution in [1.29, 1.82) is 0 Å². The quantitative estimate of drug-likeness (QED) is 0.525. The van der Waals surface area contributed by atoms with Gasteiger partial charge in [-0.05, 0) is 6.92 Å². The van der Waals surface area contributed by atoms with Gasteiger partial charge in [0.05, 0.1) is 6.04 Å². The predicted molar refractivity (Wildman–Crippen MR) is 42.0 cm³/mol. The minimum Gasteiger partial charge on any atom is -0.352 e. The van der Waals surface area contributed by atoms with Crippen LogP contribution in [0.2, 0.25) is 0 Å². The van der Waals surface area contributed by atoms with Gasteiger partial charge in [0.2, 0.25) is 5.91 Å². The first-order valence-electron chi connectivity index (χ1n) is 3.19. The first-order valence-corrected chi connectivity index (χ1v) is 3.19. The van der Waals surface area contributed by atoms with Gasteiger partial charge in [-0.1, -0.05) is 6.92 Å². The lowest BCUT2D eigenvalue weighted by atomic mass is 10.0. The van der Waals surface area contributed by atoms with Crippen molar-refractivity contribution in [2.45, 2.75) is 25.9 Å². The molecule has 1 rings (SSSR count). The molecule has 0 aromatic heterocycles. The molecule has 1 amide bonds. The smallest absolute Gasteiger partial charge is 0.237 e. The lowest BCUT2D eigenvalue weighted by Gasteiger charge is -2.08. The number of amides is 1. The molecule has 0 aromatic carbocycles. The van der Waals surface area contributed by atoms with Gasteiger partial charge in [0.25, 0.3) is 0 Å². The SMILES string of the molecule is C[C@H]1[C@H](N)C(=O)N[C@@H]1C.Cl. The fraction of sp³-hybridized carbons (Fsp3) is 0.833. The molecule has 10 heavy (non-hydrogen) atoms. The van der Waals surface area contributed by atoms with Crippen LogP contribution in [0, 0.1) is 5.92 Å². The fourth-order valence-corrected chi connectivity index (χ4v) is 1.00. The van der Waals surface area contributed by atoms with Gasteiger partial charge in [-0.15, -0.1) is 12.4 Å². The van der Waals surface area contributed by atoms with E-state index in [1.54, 1.807) is 0 Å². The number of hydrogen-bond acceptors (Lipinski definition) is 2. The van der Waals surface area contributed by atoms with Crippen molar-refractivity contribution < 1.29 is 4.79 Å². The van der Waals surface area contributed by atoms with Crippen LogP contribution in [-0.4, -0.2) is 18.0 Å². The molecule has 0 radical (unpaired) electrons. The van der Waals surface area contributed by atoms with Crippen LogP contribution >= 0.6 is 12.4 Å². The van der Waals surface area contributed by atoms with Crippen LogP contribution in [-0.2, 0) is 4.79 Å². The number of halogens is 1. The van der Waals surface area contributed by atoms with E-state index >= 15 is 0 Å². The highest BCUT2D eigenvalue weighted by Gasteiger charge is 2.33. The molecule has 4 heteroatoms. The summed E-state index contributed by atoms with van der Waals surface area (Å²) in [6.45, 7) is 3.95. The van der Waals surface area contributed by atoms with Gasteiger partial charge >= 0.3 is 0 Å². The van der Waals surface area contributed by atoms with Crippen molar-refractivity contribution >= 4 is 18.3 Å². The summed E-state index contributed by atoms with van der Waals surface area (Å²) >= 11 is 0. The topological polar surface area (TPSA) is 55.1 Å². The molecule has 1 fully saturated rings. The zero-order valence-electron chi connectivity index (χ0n) is 6.13. The molecule has 0 spiro atoms. The third kappa shape index (κ3) is 1.41. The van der Waals surface area contributed by atoms with E-state index in [9.17, 15) is 4.79 Å². The molecule has 3 N–H and O–H groups in total. The van der Waals surface area contributed by atoms with E-state index in [1.165, 1.54) is 0 Å². The van der Waals surface area contributed by atoms with Gasteiger partial charge in [0, 0.05) is 12.0 Å². The first kappa shape index (κ1) is 9.72. The Morgan fingerprint density at radius 1 is 1.50 bits per heavy atom. The molecule has 1 aliphatic rings. The van der Waals surface area contributed by atoms with Gasteiger partial charge in [-0.25, -0.2) is 0 Å². The Bertz CT molecular complexity index is 140. The Balaban J connectivity index is 0.000000810. The van der Waals surface area contributed by atoms with E-state index in [0.717, 1.165) is 0 Å². The standard InChI is InChI=1S/C6H12N2O.ClH/c1-3-4(2)8-6(9)5(3)7;/h3-5H,7H2,1-2H3,(H,8,9);1H/t3-,4-,5+;/m1./s1. The highest BCUT2D eigenvalue weighted by atomic mass is 35.5. The summed E-state index contributed by atoms with van der Waals surface area (Å²) in [7, 11) is 0. The summed E-state index contributed by atoms with van der Waals surface area (Å²) in [6.07, 6.45) is 0. The van der Waals surface area contributed by atoms with Crippen molar-refractivity contribution in [3.63, 3.8) is 0 Å². The highest BCUT2D eigenvalue weighted by molar-refractivity contribution is 5.85. The van der Waals surface area contributed by atoms with Crippen molar-refractivity contribution in [2.75, 3.05) is 0 Å². The van der Waals surface area contributed by atoms with E-state index in [-0.39, 0.29) is 36.3 Å². The Labute approximate surface area is 66.8 Å². The maximum atomic E-state index is 10.8. The zero-order valence-corrected chi connectivity index (χ0v) is 6.94. The third-order valence-electron chi connectivity index (χ3n) is 2.03. The van der Waals surface area contributed by atoms with E-state index < -0.39 is 0 Å². The van der Waals surface area contributed by atoms with E-state index in [1.807, 2.05) is 13.8 Å². The zero-order chi connectivity index (χ0) is 7.02. The normalized spacial score (nSPS) is 38.7. The largest absolute Gasteiger partial charge is 0.352 e. The molecule has 1 heterocycles. The first-order chi connectivity index (χ1) is 4.13. The molecule has 60 valence electrons. The molecule has 1 saturated heterocycles. The van der Waals surface area contributed by atoms with Crippen LogP contribution < -0.4 is 11.1 Å². The molecule has 0 unspecified atom stereocenters. The monoisotopic (exact) mass is 164 g/mol. The van der Waals surface area contributed by atoms with Crippen LogP contribution in [0.3, 0.4) is 0 Å². The van der Waals surface area contributed by atoms with Crippen molar-refractivity contribution in [1.82, 2.24) is 5.32 Å². The Hall–Kier alpha value is -0.280. The number of nitrogens with one attached hydrogen (secondary N) is 1. The summed E-state index contributed by atoms with van der Waals surface area (Å²) in [6, 6.07) is -0.0486. The minimum absolute atomic E-state index is 0. The number of carbonyl (C=O) groups is 1. The molecule has 1 aliphatic heterocycles. The Morgan fingerprint density at radius 3 is 2.10 bits per heavy atom. The van der Waals surface area contributed by atoms with Crippen LogP contribution in [0.5, 0.6) is 0 Å². The molecule has 3 atom stereocenters. The Kier molecular flexibility index (Phi) is 3.12. The third-order valence-corrected chi connectivity index (χ3v) is 2.03. The number of rotatable bonds is 0. The number of nitrogens with two attached hydrogens (primary N) is 1. The van der Waals surface area contributed by atoms with Crippen molar-refractivity contribution in [3.05, 3.63) is 0 Å². The van der Waals surface area contributed by atoms with Crippen LogP contribution in [0.15, 0.2) is 0 Å². The number of carbonyl (C=O) groups excluding carboxylic acids is 1. The molecule has 0 bridgehead atoms. The molecule has 0 aromatic rings. The maximum absolute atomic E-state index is 10.8. The minimum atomic E-state index is -0.292. The van der Waals surface area contributed by atoms with Crippen LogP contribution in [0.1, 0.15) is 13.8 Å². The fourth-order valence-electron chi connectivity index (χ4n) is 1.00. The second kappa shape index (κ2) is 3.21. The van der Waals surface area contributed by atoms with E-state index in [4.69, 9.17) is 5.73 Å². The molecular weight excluding hydrogens is 152 g/mol. The molecule has 3 nitrogen and oxygen atoms in total. The average molecular weight is 165 g/mol. The predicted octanol–water partition coefficient (Wildman–Crippen LogP) is -0.110. The highest BCUT2D eigenvalue weighted by Crippen LogP contribution is 2.13. The summed E-state index contributed by atoms with van der Waals surface area (Å²) in [4.78, 5) is 10.8. The van der Waals surface area contributed by atoms with Crippen molar-refractivity contribution in [3.8, 4) is 0 Å². The van der Waals surface area contributed by atoms with Crippen LogP contribution in [0.25, 0.3) is 0 Å². The second-order valence-electron chi connectivity index (χ2n) is 2.68. The van der Waals surface area contributed by atoms with E-state index in [2.05, 4.69) is 5.32 Å². The molecular formula is C6H13ClN2O. The summed E-state index contributed by atoms with van der Waals surface area (Å²) in [5, 5.41) is 2.75. The summed E-state index contributed by atoms with van der Waals surface area (Å²) < 4.78 is 0. The second-order valence-corrected chi connectivity index (χ2v) is 2.68. The summed E-state index contributed by atoms with van der Waals surface area (Å²) in [5.41, 5.74) is 5.50. The molecule has 0 aliphatic carbocycles. The maximum Gasteiger partial charge on any atom is 0.237 e. The van der Waals surface area contributed by atoms with Gasteiger partial charge < -0.3 is 11.1 Å². The molecule has 0 saturated carbocycles. The van der Waals surface area contributed by atoms with Crippen molar-refractivity contribution in [2.24, 2.45) is 11.7 Å². The van der Waals surface area contributed by atoms with Crippen LogP contribution in [0.4, 0.5) is 0 Å². The average Bonchev–Trinajstić information content (AvgIpc) is 1.98. The van der Waals surface area contributed by atoms with Gasteiger partial charge in [0.1, 0.15) is 0 Å². The summed E-state index contributed by atoms with van der Waals surface area (Å²) in [5.74, 6) is 0.257. The van der Waals surface area contributed by atoms with E-state index in [0.29, 0.717) is 0 Å². The lowest BCUT2D eigenvalue weighted by molar-refractivity contribution is -0.120. The lowest BCUT2D eigenvalue weighted by Crippen LogP contribution is -2.32. The van der Waals surface area contributed by atoms with Gasteiger partial charge in [-0.3, -0.25) is 4.79 Å². The number of hydrogen-bond donors (Lipinski definition) is 2.